The van der Waals surface area contributed by atoms with Gasteiger partial charge in [0.1, 0.15) is 0 Å². The zero-order valence-electron chi connectivity index (χ0n) is 16.1. The van der Waals surface area contributed by atoms with Crippen molar-refractivity contribution in [2.24, 2.45) is 5.92 Å². The lowest BCUT2D eigenvalue weighted by Crippen LogP contribution is -2.27. The van der Waals surface area contributed by atoms with Crippen LogP contribution in [-0.4, -0.2) is 24.2 Å². The Hall–Kier alpha value is -2.78. The molecule has 5 nitrogen and oxygen atoms in total. The molecule has 146 valence electrons. The minimum Gasteiger partial charge on any atom is -0.455 e. The van der Waals surface area contributed by atoms with Crippen LogP contribution < -0.4 is 5.32 Å². The molecule has 0 radical (unpaired) electrons. The van der Waals surface area contributed by atoms with E-state index < -0.39 is 17.8 Å². The van der Waals surface area contributed by atoms with Crippen LogP contribution in [0.2, 0.25) is 0 Å². The molecule has 0 saturated heterocycles. The van der Waals surface area contributed by atoms with Crippen LogP contribution in [0.15, 0.2) is 59.5 Å². The van der Waals surface area contributed by atoms with E-state index in [1.165, 1.54) is 11.8 Å². The normalized spacial score (nSPS) is 12.5. The van der Waals surface area contributed by atoms with Crippen molar-refractivity contribution in [1.29, 1.82) is 5.26 Å². The highest BCUT2D eigenvalue weighted by molar-refractivity contribution is 7.99. The summed E-state index contributed by atoms with van der Waals surface area (Å²) in [5.41, 5.74) is 1.49. The molecule has 0 aliphatic heterocycles. The van der Waals surface area contributed by atoms with Crippen molar-refractivity contribution >= 4 is 29.3 Å². The molecule has 6 heteroatoms. The number of ether oxygens (including phenoxy) is 1. The molecular formula is C22H24N2O3S. The Labute approximate surface area is 170 Å². The summed E-state index contributed by atoms with van der Waals surface area (Å²) < 4.78 is 5.33. The standard InChI is InChI=1S/C22H24N2O3S/c1-3-16(2)21(17-9-5-4-6-10-17)22(26)27-15-20(25)24-18-11-7-8-12-19(18)28-14-13-23/h4-12,16,21H,3,14-15H2,1-2H3,(H,24,25)/t16-,21-/m1/s1. The van der Waals surface area contributed by atoms with E-state index in [1.807, 2.05) is 56.3 Å². The number of nitriles is 1. The monoisotopic (exact) mass is 396 g/mol. The predicted molar refractivity (Wildman–Crippen MR) is 111 cm³/mol. The number of rotatable bonds is 9. The Morgan fingerprint density at radius 1 is 1.14 bits per heavy atom. The number of amides is 1. The van der Waals surface area contributed by atoms with Gasteiger partial charge >= 0.3 is 5.97 Å². The molecule has 0 saturated carbocycles. The second-order valence-corrected chi connectivity index (χ2v) is 7.39. The first-order chi connectivity index (χ1) is 13.6. The maximum atomic E-state index is 12.7. The molecule has 28 heavy (non-hydrogen) atoms. The molecule has 2 aromatic rings. The topological polar surface area (TPSA) is 79.2 Å². The summed E-state index contributed by atoms with van der Waals surface area (Å²) in [5.74, 6) is -0.828. The third-order valence-electron chi connectivity index (χ3n) is 4.42. The fraction of sp³-hybridized carbons (Fsp3) is 0.318. The van der Waals surface area contributed by atoms with E-state index in [-0.39, 0.29) is 18.3 Å². The molecule has 2 atom stereocenters. The number of nitrogens with zero attached hydrogens (tertiary/aromatic N) is 1. The lowest BCUT2D eigenvalue weighted by Gasteiger charge is -2.21. The Kier molecular flexibility index (Phi) is 8.57. The van der Waals surface area contributed by atoms with Crippen LogP contribution in [0, 0.1) is 17.2 Å². The van der Waals surface area contributed by atoms with Crippen LogP contribution in [0.4, 0.5) is 5.69 Å². The molecule has 0 unspecified atom stereocenters. The van der Waals surface area contributed by atoms with Gasteiger partial charge in [-0.2, -0.15) is 5.26 Å². The Morgan fingerprint density at radius 2 is 1.82 bits per heavy atom. The van der Waals surface area contributed by atoms with Crippen LogP contribution in [0.3, 0.4) is 0 Å². The highest BCUT2D eigenvalue weighted by Gasteiger charge is 2.27. The third-order valence-corrected chi connectivity index (χ3v) is 5.36. The van der Waals surface area contributed by atoms with E-state index in [4.69, 9.17) is 10.00 Å². The van der Waals surface area contributed by atoms with Crippen molar-refractivity contribution < 1.29 is 14.3 Å². The molecule has 0 heterocycles. The Bertz CT molecular complexity index is 833. The SMILES string of the molecule is CC[C@@H](C)[C@@H](C(=O)OCC(=O)Nc1ccccc1SCC#N)c1ccccc1. The fourth-order valence-electron chi connectivity index (χ4n) is 2.81. The lowest BCUT2D eigenvalue weighted by atomic mass is 9.86. The zero-order chi connectivity index (χ0) is 20.4. The molecule has 0 bridgehead atoms. The first-order valence-electron chi connectivity index (χ1n) is 9.17. The van der Waals surface area contributed by atoms with Crippen LogP contribution in [0.25, 0.3) is 0 Å². The molecule has 2 aromatic carbocycles. The van der Waals surface area contributed by atoms with Gasteiger partial charge in [0, 0.05) is 4.90 Å². The molecule has 0 aromatic heterocycles. The molecule has 2 rings (SSSR count). The number of esters is 1. The maximum absolute atomic E-state index is 12.7. The second-order valence-electron chi connectivity index (χ2n) is 6.37. The second kappa shape index (κ2) is 11.2. The number of para-hydroxylation sites is 1. The van der Waals surface area contributed by atoms with E-state index in [0.29, 0.717) is 5.69 Å². The van der Waals surface area contributed by atoms with Crippen molar-refractivity contribution in [3.05, 3.63) is 60.2 Å². The van der Waals surface area contributed by atoms with Crippen LogP contribution in [-0.2, 0) is 14.3 Å². The van der Waals surface area contributed by atoms with E-state index in [9.17, 15) is 9.59 Å². The predicted octanol–water partition coefficient (Wildman–Crippen LogP) is 4.61. The van der Waals surface area contributed by atoms with E-state index in [1.54, 1.807) is 12.1 Å². The number of anilines is 1. The molecular weight excluding hydrogens is 372 g/mol. The largest absolute Gasteiger partial charge is 0.455 e. The van der Waals surface area contributed by atoms with Crippen LogP contribution in [0.5, 0.6) is 0 Å². The number of nitrogens with one attached hydrogen (secondary N) is 1. The first-order valence-corrected chi connectivity index (χ1v) is 10.2. The average Bonchev–Trinajstić information content (AvgIpc) is 2.72. The number of hydrogen-bond donors (Lipinski definition) is 1. The molecule has 1 amide bonds. The smallest absolute Gasteiger partial charge is 0.314 e. The van der Waals surface area contributed by atoms with Gasteiger partial charge in [0.2, 0.25) is 0 Å². The molecule has 1 N–H and O–H groups in total. The average molecular weight is 397 g/mol. The number of hydrogen-bond acceptors (Lipinski definition) is 5. The van der Waals surface area contributed by atoms with Crippen LogP contribution >= 0.6 is 11.8 Å². The Morgan fingerprint density at radius 3 is 2.50 bits per heavy atom. The Balaban J connectivity index is 1.99. The highest BCUT2D eigenvalue weighted by Crippen LogP contribution is 2.29. The van der Waals surface area contributed by atoms with Gasteiger partial charge in [0.15, 0.2) is 6.61 Å². The van der Waals surface area contributed by atoms with Gasteiger partial charge in [-0.15, -0.1) is 11.8 Å². The fourth-order valence-corrected chi connectivity index (χ4v) is 3.48. The van der Waals surface area contributed by atoms with Crippen molar-refractivity contribution in [3.63, 3.8) is 0 Å². The summed E-state index contributed by atoms with van der Waals surface area (Å²) in [6.45, 7) is 3.67. The van der Waals surface area contributed by atoms with Crippen molar-refractivity contribution in [1.82, 2.24) is 0 Å². The van der Waals surface area contributed by atoms with Gasteiger partial charge in [-0.1, -0.05) is 62.7 Å². The lowest BCUT2D eigenvalue weighted by molar-refractivity contribution is -0.150. The minimum atomic E-state index is -0.408. The van der Waals surface area contributed by atoms with Gasteiger partial charge in [0.05, 0.1) is 23.4 Å². The molecule has 0 aliphatic carbocycles. The van der Waals surface area contributed by atoms with Gasteiger partial charge in [-0.3, -0.25) is 9.59 Å². The van der Waals surface area contributed by atoms with Gasteiger partial charge in [-0.25, -0.2) is 0 Å². The number of benzene rings is 2. The summed E-state index contributed by atoms with van der Waals surface area (Å²) in [6.07, 6.45) is 0.824. The number of thioether (sulfide) groups is 1. The summed E-state index contributed by atoms with van der Waals surface area (Å²) >= 11 is 1.34. The van der Waals surface area contributed by atoms with Crippen molar-refractivity contribution in [2.75, 3.05) is 17.7 Å². The molecule has 0 fully saturated rings. The number of carbonyl (C=O) groups is 2. The van der Waals surface area contributed by atoms with E-state index in [2.05, 4.69) is 11.4 Å². The highest BCUT2D eigenvalue weighted by atomic mass is 32.2. The van der Waals surface area contributed by atoms with Crippen LogP contribution in [0.1, 0.15) is 31.7 Å². The van der Waals surface area contributed by atoms with Gasteiger partial charge < -0.3 is 10.1 Å². The van der Waals surface area contributed by atoms with Gasteiger partial charge in [-0.05, 0) is 23.6 Å². The van der Waals surface area contributed by atoms with E-state index in [0.717, 1.165) is 16.9 Å². The quantitative estimate of drug-likeness (QED) is 0.494. The number of carbonyl (C=O) groups excluding carboxylic acids is 2. The minimum absolute atomic E-state index is 0.0982. The van der Waals surface area contributed by atoms with Crippen molar-refractivity contribution in [3.8, 4) is 6.07 Å². The summed E-state index contributed by atoms with van der Waals surface area (Å²) in [6, 6.07) is 18.8. The maximum Gasteiger partial charge on any atom is 0.314 e. The summed E-state index contributed by atoms with van der Waals surface area (Å²) in [7, 11) is 0. The van der Waals surface area contributed by atoms with Gasteiger partial charge in [0.25, 0.3) is 5.91 Å². The third kappa shape index (κ3) is 6.14. The summed E-state index contributed by atoms with van der Waals surface area (Å²) in [5, 5.41) is 11.5. The summed E-state index contributed by atoms with van der Waals surface area (Å²) in [4.78, 5) is 25.7. The van der Waals surface area contributed by atoms with Crippen molar-refractivity contribution in [2.45, 2.75) is 31.1 Å². The zero-order valence-corrected chi connectivity index (χ0v) is 16.9. The molecule has 0 spiro atoms. The first kappa shape index (κ1) is 21.5. The molecule has 0 aliphatic rings. The van der Waals surface area contributed by atoms with E-state index >= 15 is 0 Å².